The lowest BCUT2D eigenvalue weighted by Crippen LogP contribution is -1.87. The number of benzene rings is 1. The third kappa shape index (κ3) is 3.57. The van der Waals surface area contributed by atoms with E-state index < -0.39 is 0 Å². The number of phenols is 1. The van der Waals surface area contributed by atoms with Crippen LogP contribution in [0.1, 0.15) is 5.56 Å². The number of halogens is 2. The maximum atomic E-state index is 9.12. The largest absolute Gasteiger partial charge is 0.508 e. The number of aromatic hydroxyl groups is 1. The van der Waals surface area contributed by atoms with Gasteiger partial charge in [-0.2, -0.15) is 10.2 Å². The van der Waals surface area contributed by atoms with Crippen LogP contribution >= 0.6 is 34.0 Å². The predicted molar refractivity (Wildman–Crippen MR) is 74.5 cm³/mol. The molecule has 0 fully saturated rings. The SMILES string of the molecule is Br.Br.Cc1cnnc(-c2ccc(O)cc2)c1. The Kier molecular flexibility index (Phi) is 6.21. The fraction of sp³-hybridized carbons (Fsp3) is 0.0909. The van der Waals surface area contributed by atoms with E-state index in [-0.39, 0.29) is 39.7 Å². The Hall–Kier alpha value is -0.940. The molecule has 0 atom stereocenters. The standard InChI is InChI=1S/C11H10N2O.2BrH/c1-8-6-11(13-12-7-8)9-2-4-10(14)5-3-9;;/h2-7,14H,1H3;2*1H. The second kappa shape index (κ2) is 6.60. The summed E-state index contributed by atoms with van der Waals surface area (Å²) in [7, 11) is 0. The zero-order valence-corrected chi connectivity index (χ0v) is 12.0. The molecule has 1 heterocycles. The predicted octanol–water partition coefficient (Wildman–Crippen LogP) is 3.31. The van der Waals surface area contributed by atoms with Crippen molar-refractivity contribution >= 4 is 34.0 Å². The van der Waals surface area contributed by atoms with Crippen molar-refractivity contribution in [2.24, 2.45) is 0 Å². The first kappa shape index (κ1) is 15.1. The third-order valence-electron chi connectivity index (χ3n) is 1.95. The number of phenolic OH excluding ortho intramolecular Hbond substituents is 1. The highest BCUT2D eigenvalue weighted by Gasteiger charge is 1.99. The van der Waals surface area contributed by atoms with Gasteiger partial charge in [-0.15, -0.1) is 34.0 Å². The summed E-state index contributed by atoms with van der Waals surface area (Å²) in [5, 5.41) is 17.0. The summed E-state index contributed by atoms with van der Waals surface area (Å²) in [5.41, 5.74) is 2.85. The van der Waals surface area contributed by atoms with Crippen LogP contribution in [0.3, 0.4) is 0 Å². The Morgan fingerprint density at radius 3 is 2.25 bits per heavy atom. The van der Waals surface area contributed by atoms with Crippen molar-refractivity contribution < 1.29 is 5.11 Å². The molecule has 0 spiro atoms. The minimum Gasteiger partial charge on any atom is -0.508 e. The Bertz CT molecular complexity index is 446. The van der Waals surface area contributed by atoms with Crippen LogP contribution in [0.4, 0.5) is 0 Å². The molecule has 0 unspecified atom stereocenters. The second-order valence-corrected chi connectivity index (χ2v) is 3.17. The average molecular weight is 348 g/mol. The topological polar surface area (TPSA) is 46.0 Å². The first-order valence-corrected chi connectivity index (χ1v) is 4.34. The van der Waals surface area contributed by atoms with Crippen LogP contribution in [0, 0.1) is 6.92 Å². The number of hydrogen-bond acceptors (Lipinski definition) is 3. The molecule has 0 aliphatic heterocycles. The fourth-order valence-electron chi connectivity index (χ4n) is 1.24. The van der Waals surface area contributed by atoms with E-state index in [1.807, 2.05) is 25.1 Å². The van der Waals surface area contributed by atoms with E-state index in [9.17, 15) is 0 Å². The molecule has 0 saturated carbocycles. The van der Waals surface area contributed by atoms with Gasteiger partial charge in [-0.3, -0.25) is 0 Å². The number of rotatable bonds is 1. The quantitative estimate of drug-likeness (QED) is 0.860. The zero-order chi connectivity index (χ0) is 9.97. The van der Waals surface area contributed by atoms with Gasteiger partial charge in [0.1, 0.15) is 5.75 Å². The summed E-state index contributed by atoms with van der Waals surface area (Å²) in [4.78, 5) is 0. The van der Waals surface area contributed by atoms with Crippen LogP contribution in [-0.4, -0.2) is 15.3 Å². The molecule has 0 aliphatic rings. The highest BCUT2D eigenvalue weighted by atomic mass is 79.9. The van der Waals surface area contributed by atoms with E-state index in [1.165, 1.54) is 0 Å². The molecule has 5 heteroatoms. The molecule has 0 bridgehead atoms. The minimum absolute atomic E-state index is 0. The summed E-state index contributed by atoms with van der Waals surface area (Å²) in [6.45, 7) is 1.97. The minimum atomic E-state index is 0. The van der Waals surface area contributed by atoms with Gasteiger partial charge in [0.05, 0.1) is 11.9 Å². The van der Waals surface area contributed by atoms with Gasteiger partial charge in [0.15, 0.2) is 0 Å². The number of aryl methyl sites for hydroxylation is 1. The van der Waals surface area contributed by atoms with Gasteiger partial charge in [0.2, 0.25) is 0 Å². The van der Waals surface area contributed by atoms with Crippen LogP contribution in [-0.2, 0) is 0 Å². The van der Waals surface area contributed by atoms with Crippen molar-refractivity contribution in [2.75, 3.05) is 0 Å². The van der Waals surface area contributed by atoms with Crippen LogP contribution in [0.25, 0.3) is 11.3 Å². The van der Waals surface area contributed by atoms with Gasteiger partial charge in [0, 0.05) is 5.56 Å². The van der Waals surface area contributed by atoms with Crippen LogP contribution in [0.5, 0.6) is 5.75 Å². The van der Waals surface area contributed by atoms with E-state index in [0.29, 0.717) is 0 Å². The van der Waals surface area contributed by atoms with Gasteiger partial charge in [-0.05, 0) is 42.8 Å². The lowest BCUT2D eigenvalue weighted by atomic mass is 10.1. The summed E-state index contributed by atoms with van der Waals surface area (Å²) in [5.74, 6) is 0.259. The number of hydrogen-bond donors (Lipinski definition) is 1. The molecule has 0 amide bonds. The zero-order valence-electron chi connectivity index (χ0n) is 8.62. The van der Waals surface area contributed by atoms with Crippen molar-refractivity contribution in [1.29, 1.82) is 0 Å². The number of aromatic nitrogens is 2. The Morgan fingerprint density at radius 1 is 1.06 bits per heavy atom. The van der Waals surface area contributed by atoms with Gasteiger partial charge >= 0.3 is 0 Å². The van der Waals surface area contributed by atoms with Gasteiger partial charge in [0.25, 0.3) is 0 Å². The summed E-state index contributed by atoms with van der Waals surface area (Å²) in [6.07, 6.45) is 1.71. The molecule has 3 nitrogen and oxygen atoms in total. The van der Waals surface area contributed by atoms with Gasteiger partial charge in [-0.1, -0.05) is 0 Å². The Morgan fingerprint density at radius 2 is 1.69 bits per heavy atom. The monoisotopic (exact) mass is 346 g/mol. The normalized spacial score (nSPS) is 8.81. The number of nitrogens with zero attached hydrogens (tertiary/aromatic N) is 2. The molecule has 1 aromatic carbocycles. The Labute approximate surface area is 115 Å². The molecule has 16 heavy (non-hydrogen) atoms. The molecular weight excluding hydrogens is 336 g/mol. The van der Waals surface area contributed by atoms with E-state index in [1.54, 1.807) is 18.3 Å². The van der Waals surface area contributed by atoms with Crippen molar-refractivity contribution in [2.45, 2.75) is 6.92 Å². The smallest absolute Gasteiger partial charge is 0.115 e. The average Bonchev–Trinajstić information content (AvgIpc) is 2.19. The van der Waals surface area contributed by atoms with E-state index in [2.05, 4.69) is 10.2 Å². The molecule has 1 aromatic heterocycles. The molecule has 0 saturated heterocycles. The highest BCUT2D eigenvalue weighted by molar-refractivity contribution is 8.93. The van der Waals surface area contributed by atoms with Crippen LogP contribution in [0.15, 0.2) is 36.5 Å². The lowest BCUT2D eigenvalue weighted by molar-refractivity contribution is 0.475. The third-order valence-corrected chi connectivity index (χ3v) is 1.95. The highest BCUT2D eigenvalue weighted by Crippen LogP contribution is 2.19. The van der Waals surface area contributed by atoms with Crippen LogP contribution < -0.4 is 0 Å². The maximum Gasteiger partial charge on any atom is 0.115 e. The van der Waals surface area contributed by atoms with Gasteiger partial charge in [-0.25, -0.2) is 0 Å². The van der Waals surface area contributed by atoms with Crippen LogP contribution in [0.2, 0.25) is 0 Å². The molecular formula is C11H12Br2N2O. The molecule has 2 rings (SSSR count). The molecule has 0 radical (unpaired) electrons. The lowest BCUT2D eigenvalue weighted by Gasteiger charge is -2.00. The fourth-order valence-corrected chi connectivity index (χ4v) is 1.24. The molecule has 1 N–H and O–H groups in total. The Balaban J connectivity index is 0.00000112. The van der Waals surface area contributed by atoms with E-state index in [0.717, 1.165) is 16.8 Å². The van der Waals surface area contributed by atoms with E-state index in [4.69, 9.17) is 5.11 Å². The summed E-state index contributed by atoms with van der Waals surface area (Å²) >= 11 is 0. The summed E-state index contributed by atoms with van der Waals surface area (Å²) < 4.78 is 0. The first-order chi connectivity index (χ1) is 6.75. The second-order valence-electron chi connectivity index (χ2n) is 3.17. The molecule has 0 aliphatic carbocycles. The maximum absolute atomic E-state index is 9.12. The van der Waals surface area contributed by atoms with Crippen molar-refractivity contribution in [3.8, 4) is 17.0 Å². The van der Waals surface area contributed by atoms with Gasteiger partial charge < -0.3 is 5.11 Å². The summed E-state index contributed by atoms with van der Waals surface area (Å²) in [6, 6.07) is 8.87. The van der Waals surface area contributed by atoms with E-state index >= 15 is 0 Å². The van der Waals surface area contributed by atoms with Crippen molar-refractivity contribution in [1.82, 2.24) is 10.2 Å². The van der Waals surface area contributed by atoms with Crippen molar-refractivity contribution in [3.63, 3.8) is 0 Å². The molecule has 86 valence electrons. The van der Waals surface area contributed by atoms with Crippen molar-refractivity contribution in [3.05, 3.63) is 42.1 Å². The first-order valence-electron chi connectivity index (χ1n) is 4.34. The molecule has 2 aromatic rings.